The van der Waals surface area contributed by atoms with E-state index in [1.807, 2.05) is 30.3 Å². The third-order valence-electron chi connectivity index (χ3n) is 5.00. The van der Waals surface area contributed by atoms with Crippen molar-refractivity contribution in [1.82, 2.24) is 10.3 Å². The van der Waals surface area contributed by atoms with Gasteiger partial charge in [0.25, 0.3) is 5.91 Å². The lowest BCUT2D eigenvalue weighted by Crippen LogP contribution is -2.23. The monoisotopic (exact) mass is 416 g/mol. The number of benzene rings is 3. The van der Waals surface area contributed by atoms with Gasteiger partial charge in [-0.25, -0.2) is 0 Å². The SMILES string of the molecule is COc1ccc2c(Sc3ccc(C)cc3)c(C(=O)NCc3ccc(C)cc3)[nH]c2c1. The molecule has 0 aliphatic rings. The lowest BCUT2D eigenvalue weighted by atomic mass is 10.1. The number of hydrogen-bond acceptors (Lipinski definition) is 3. The Morgan fingerprint density at radius 1 is 0.967 bits per heavy atom. The predicted octanol–water partition coefficient (Wildman–Crippen LogP) is 5.87. The van der Waals surface area contributed by atoms with Crippen LogP contribution in [-0.2, 0) is 6.54 Å². The van der Waals surface area contributed by atoms with Gasteiger partial charge in [-0.15, -0.1) is 0 Å². The standard InChI is InChI=1S/C25H24N2O2S/c1-16-4-8-18(9-5-16)15-26-25(28)23-24(30-20-11-6-17(2)7-12-20)21-13-10-19(29-3)14-22(21)27-23/h4-14,27H,15H2,1-3H3,(H,26,28). The summed E-state index contributed by atoms with van der Waals surface area (Å²) in [4.78, 5) is 18.4. The third-order valence-corrected chi connectivity index (χ3v) is 6.14. The zero-order valence-electron chi connectivity index (χ0n) is 17.3. The number of ether oxygens (including phenoxy) is 1. The first-order valence-electron chi connectivity index (χ1n) is 9.81. The molecule has 152 valence electrons. The van der Waals surface area contributed by atoms with Crippen LogP contribution in [0.4, 0.5) is 0 Å². The van der Waals surface area contributed by atoms with Crippen molar-refractivity contribution in [2.45, 2.75) is 30.2 Å². The summed E-state index contributed by atoms with van der Waals surface area (Å²) in [6.07, 6.45) is 0. The zero-order chi connectivity index (χ0) is 21.1. The van der Waals surface area contributed by atoms with Crippen molar-refractivity contribution >= 4 is 28.6 Å². The average molecular weight is 417 g/mol. The maximum Gasteiger partial charge on any atom is 0.269 e. The molecule has 0 spiro atoms. The van der Waals surface area contributed by atoms with Crippen molar-refractivity contribution in [1.29, 1.82) is 0 Å². The normalized spacial score (nSPS) is 10.9. The first-order valence-corrected chi connectivity index (χ1v) is 10.6. The van der Waals surface area contributed by atoms with E-state index in [0.29, 0.717) is 12.2 Å². The predicted molar refractivity (Wildman–Crippen MR) is 123 cm³/mol. The molecule has 0 bridgehead atoms. The molecule has 0 saturated heterocycles. The van der Waals surface area contributed by atoms with Gasteiger partial charge in [0.15, 0.2) is 0 Å². The molecule has 3 aromatic carbocycles. The number of nitrogens with one attached hydrogen (secondary N) is 2. The third kappa shape index (κ3) is 4.36. The molecule has 4 aromatic rings. The summed E-state index contributed by atoms with van der Waals surface area (Å²) in [5.41, 5.74) is 4.92. The molecule has 0 unspecified atom stereocenters. The number of fused-ring (bicyclic) bond motifs is 1. The molecule has 1 aromatic heterocycles. The molecular weight excluding hydrogens is 392 g/mol. The minimum Gasteiger partial charge on any atom is -0.497 e. The van der Waals surface area contributed by atoms with E-state index in [4.69, 9.17) is 4.74 Å². The molecule has 4 nitrogen and oxygen atoms in total. The first kappa shape index (κ1) is 20.1. The first-order chi connectivity index (χ1) is 14.5. The highest BCUT2D eigenvalue weighted by molar-refractivity contribution is 7.99. The van der Waals surface area contributed by atoms with E-state index in [2.05, 4.69) is 60.5 Å². The Morgan fingerprint density at radius 2 is 1.63 bits per heavy atom. The summed E-state index contributed by atoms with van der Waals surface area (Å²) in [5.74, 6) is 0.627. The summed E-state index contributed by atoms with van der Waals surface area (Å²) in [5, 5.41) is 4.05. The van der Waals surface area contributed by atoms with E-state index in [1.54, 1.807) is 18.9 Å². The molecule has 0 fully saturated rings. The van der Waals surface area contributed by atoms with Crippen LogP contribution in [0.15, 0.2) is 76.5 Å². The molecule has 0 aliphatic carbocycles. The Balaban J connectivity index is 1.66. The molecule has 2 N–H and O–H groups in total. The van der Waals surface area contributed by atoms with Crippen molar-refractivity contribution in [3.63, 3.8) is 0 Å². The van der Waals surface area contributed by atoms with Gasteiger partial charge in [-0.05, 0) is 43.7 Å². The Hall–Kier alpha value is -3.18. The van der Waals surface area contributed by atoms with E-state index in [1.165, 1.54) is 11.1 Å². The van der Waals surface area contributed by atoms with Gasteiger partial charge >= 0.3 is 0 Å². The molecule has 30 heavy (non-hydrogen) atoms. The quantitative estimate of drug-likeness (QED) is 0.413. The number of rotatable bonds is 6. The minimum atomic E-state index is -0.125. The Morgan fingerprint density at radius 3 is 2.30 bits per heavy atom. The second-order valence-electron chi connectivity index (χ2n) is 7.32. The van der Waals surface area contributed by atoms with Gasteiger partial charge in [0, 0.05) is 22.9 Å². The lowest BCUT2D eigenvalue weighted by Gasteiger charge is -2.08. The summed E-state index contributed by atoms with van der Waals surface area (Å²) < 4.78 is 5.35. The van der Waals surface area contributed by atoms with E-state index in [9.17, 15) is 4.79 Å². The number of carbonyl (C=O) groups excluding carboxylic acids is 1. The second-order valence-corrected chi connectivity index (χ2v) is 8.41. The highest BCUT2D eigenvalue weighted by atomic mass is 32.2. The van der Waals surface area contributed by atoms with Gasteiger partial charge in [0.1, 0.15) is 11.4 Å². The maximum atomic E-state index is 13.1. The van der Waals surface area contributed by atoms with Crippen molar-refractivity contribution in [3.05, 3.63) is 89.1 Å². The van der Waals surface area contributed by atoms with Gasteiger partial charge in [0.2, 0.25) is 0 Å². The van der Waals surface area contributed by atoms with Gasteiger partial charge in [-0.2, -0.15) is 0 Å². The fourth-order valence-electron chi connectivity index (χ4n) is 3.24. The topological polar surface area (TPSA) is 54.1 Å². The van der Waals surface area contributed by atoms with Gasteiger partial charge in [0.05, 0.1) is 17.5 Å². The molecule has 0 aliphatic heterocycles. The highest BCUT2D eigenvalue weighted by Gasteiger charge is 2.19. The molecule has 5 heteroatoms. The van der Waals surface area contributed by atoms with Crippen LogP contribution in [-0.4, -0.2) is 18.0 Å². The average Bonchev–Trinajstić information content (AvgIpc) is 3.12. The molecule has 0 atom stereocenters. The van der Waals surface area contributed by atoms with Crippen LogP contribution in [0, 0.1) is 13.8 Å². The summed E-state index contributed by atoms with van der Waals surface area (Å²) in [7, 11) is 1.64. The van der Waals surface area contributed by atoms with E-state index < -0.39 is 0 Å². The molecule has 4 rings (SSSR count). The lowest BCUT2D eigenvalue weighted by molar-refractivity contribution is 0.0944. The van der Waals surface area contributed by atoms with Crippen LogP contribution in [0.2, 0.25) is 0 Å². The number of H-pyrrole nitrogens is 1. The second kappa shape index (κ2) is 8.67. The van der Waals surface area contributed by atoms with Gasteiger partial charge < -0.3 is 15.0 Å². The van der Waals surface area contributed by atoms with Crippen molar-refractivity contribution < 1.29 is 9.53 Å². The molecular formula is C25H24N2O2S. The number of aryl methyl sites for hydroxylation is 2. The summed E-state index contributed by atoms with van der Waals surface area (Å²) in [6.45, 7) is 4.60. The largest absolute Gasteiger partial charge is 0.497 e. The molecule has 0 radical (unpaired) electrons. The molecule has 1 amide bonds. The number of aromatic nitrogens is 1. The Labute approximate surface area is 180 Å². The fourth-order valence-corrected chi connectivity index (χ4v) is 4.29. The van der Waals surface area contributed by atoms with Crippen LogP contribution >= 0.6 is 11.8 Å². The Kier molecular flexibility index (Phi) is 5.81. The maximum absolute atomic E-state index is 13.1. The van der Waals surface area contributed by atoms with Crippen molar-refractivity contribution in [3.8, 4) is 5.75 Å². The van der Waals surface area contributed by atoms with E-state index in [-0.39, 0.29) is 5.91 Å². The number of methoxy groups -OCH3 is 1. The zero-order valence-corrected chi connectivity index (χ0v) is 18.1. The number of carbonyl (C=O) groups is 1. The van der Waals surface area contributed by atoms with E-state index in [0.717, 1.165) is 32.0 Å². The fraction of sp³-hybridized carbons (Fsp3) is 0.160. The molecule has 1 heterocycles. The van der Waals surface area contributed by atoms with Gasteiger partial charge in [-0.1, -0.05) is 59.3 Å². The van der Waals surface area contributed by atoms with Crippen molar-refractivity contribution in [2.75, 3.05) is 7.11 Å². The van der Waals surface area contributed by atoms with Crippen LogP contribution in [0.25, 0.3) is 10.9 Å². The number of hydrogen-bond donors (Lipinski definition) is 2. The van der Waals surface area contributed by atoms with Crippen LogP contribution in [0.1, 0.15) is 27.2 Å². The summed E-state index contributed by atoms with van der Waals surface area (Å²) >= 11 is 1.59. The molecule has 0 saturated carbocycles. The van der Waals surface area contributed by atoms with Crippen LogP contribution in [0.5, 0.6) is 5.75 Å². The van der Waals surface area contributed by atoms with Gasteiger partial charge in [-0.3, -0.25) is 4.79 Å². The summed E-state index contributed by atoms with van der Waals surface area (Å²) in [6, 6.07) is 22.3. The van der Waals surface area contributed by atoms with Crippen LogP contribution in [0.3, 0.4) is 0 Å². The highest BCUT2D eigenvalue weighted by Crippen LogP contribution is 2.38. The number of amides is 1. The van der Waals surface area contributed by atoms with Crippen LogP contribution < -0.4 is 10.1 Å². The van der Waals surface area contributed by atoms with E-state index >= 15 is 0 Å². The smallest absolute Gasteiger partial charge is 0.269 e. The minimum absolute atomic E-state index is 0.125. The number of aromatic amines is 1. The Bertz CT molecular complexity index is 1180. The van der Waals surface area contributed by atoms with Crippen molar-refractivity contribution in [2.24, 2.45) is 0 Å².